The number of hydrogen-bond acceptors (Lipinski definition) is 4. The number of aromatic nitrogens is 1. The number of carbonyl (C=O) groups is 1. The molecule has 2 aromatic rings. The number of carbonyl (C=O) groups excluding carboxylic acids is 1. The van der Waals surface area contributed by atoms with E-state index < -0.39 is 0 Å². The molecule has 1 unspecified atom stereocenters. The van der Waals surface area contributed by atoms with Gasteiger partial charge in [0.1, 0.15) is 5.75 Å². The fourth-order valence-electron chi connectivity index (χ4n) is 4.73. The van der Waals surface area contributed by atoms with Gasteiger partial charge in [0.25, 0.3) is 0 Å². The number of rotatable bonds is 5. The van der Waals surface area contributed by atoms with Crippen LogP contribution < -0.4 is 10.1 Å². The van der Waals surface area contributed by atoms with Crippen molar-refractivity contribution in [3.8, 4) is 5.75 Å². The number of nitrogens with zero attached hydrogens (tertiary/aromatic N) is 3. The fraction of sp³-hybridized carbons (Fsp3) is 0.478. The van der Waals surface area contributed by atoms with Gasteiger partial charge in [0, 0.05) is 43.9 Å². The molecule has 31 heavy (non-hydrogen) atoms. The lowest BCUT2D eigenvalue weighted by Crippen LogP contribution is -2.50. The number of pyridine rings is 1. The van der Waals surface area contributed by atoms with Gasteiger partial charge in [0.15, 0.2) is 0 Å². The number of urea groups is 1. The van der Waals surface area contributed by atoms with Crippen LogP contribution in [-0.4, -0.2) is 54.1 Å². The molecule has 2 amide bonds. The maximum absolute atomic E-state index is 12.8. The second-order valence-electron chi connectivity index (χ2n) is 8.58. The number of nitrogens with one attached hydrogen (secondary N) is 1. The van der Waals surface area contributed by atoms with Gasteiger partial charge in [-0.2, -0.15) is 0 Å². The van der Waals surface area contributed by atoms with Gasteiger partial charge in [-0.15, -0.1) is 0 Å². The van der Waals surface area contributed by atoms with Gasteiger partial charge in [-0.1, -0.05) is 29.3 Å². The molecule has 2 aliphatic rings. The molecular weight excluding hydrogens is 435 g/mol. The monoisotopic (exact) mass is 462 g/mol. The Labute approximate surface area is 193 Å². The number of benzene rings is 1. The Balaban J connectivity index is 1.32. The first-order chi connectivity index (χ1) is 15.0. The lowest BCUT2D eigenvalue weighted by molar-refractivity contribution is 0.107. The Kier molecular flexibility index (Phi) is 6.89. The van der Waals surface area contributed by atoms with Crippen LogP contribution in [-0.2, 0) is 13.1 Å². The molecular formula is C23H28Cl2N4O2. The quantitative estimate of drug-likeness (QED) is 0.705. The van der Waals surface area contributed by atoms with Crippen LogP contribution in [0.15, 0.2) is 36.5 Å². The predicted octanol–water partition coefficient (Wildman–Crippen LogP) is 4.59. The molecule has 2 saturated heterocycles. The summed E-state index contributed by atoms with van der Waals surface area (Å²) in [7, 11) is 1.62. The number of halogens is 2. The number of amides is 2. The summed E-state index contributed by atoms with van der Waals surface area (Å²) in [6.45, 7) is 4.86. The van der Waals surface area contributed by atoms with Gasteiger partial charge in [-0.3, -0.25) is 9.88 Å². The summed E-state index contributed by atoms with van der Waals surface area (Å²) in [6.07, 6.45) is 4.99. The van der Waals surface area contributed by atoms with Crippen molar-refractivity contribution in [3.05, 3.63) is 57.8 Å². The van der Waals surface area contributed by atoms with Crippen LogP contribution in [0.1, 0.15) is 30.5 Å². The van der Waals surface area contributed by atoms with Crippen molar-refractivity contribution in [3.63, 3.8) is 0 Å². The first kappa shape index (κ1) is 22.2. The highest BCUT2D eigenvalue weighted by Crippen LogP contribution is 2.39. The van der Waals surface area contributed by atoms with Crippen molar-refractivity contribution in [1.82, 2.24) is 20.1 Å². The standard InChI is InChI=1S/C23H28Cl2N4O2/c1-31-19-5-8-26-18(12-19)13-27-22(30)29-9-2-6-23(16-29)7-10-28(15-23)14-17-3-4-20(24)21(25)11-17/h3-5,8,11-12H,2,6-7,9-10,13-16H2,1H3,(H,27,30). The van der Waals surface area contributed by atoms with Gasteiger partial charge < -0.3 is 15.0 Å². The lowest BCUT2D eigenvalue weighted by atomic mass is 9.79. The zero-order valence-corrected chi connectivity index (χ0v) is 19.3. The summed E-state index contributed by atoms with van der Waals surface area (Å²) in [6, 6.07) is 9.45. The van der Waals surface area contributed by atoms with E-state index in [1.165, 1.54) is 5.56 Å². The highest BCUT2D eigenvalue weighted by Gasteiger charge is 2.42. The molecule has 1 atom stereocenters. The predicted molar refractivity (Wildman–Crippen MR) is 123 cm³/mol. The second kappa shape index (κ2) is 9.63. The Morgan fingerprint density at radius 3 is 2.84 bits per heavy atom. The van der Waals surface area contributed by atoms with E-state index >= 15 is 0 Å². The maximum Gasteiger partial charge on any atom is 0.317 e. The molecule has 1 aromatic heterocycles. The molecule has 1 aromatic carbocycles. The van der Waals surface area contributed by atoms with Crippen LogP contribution >= 0.6 is 23.2 Å². The van der Waals surface area contributed by atoms with Crippen molar-refractivity contribution < 1.29 is 9.53 Å². The SMILES string of the molecule is COc1ccnc(CNC(=O)N2CCCC3(CCN(Cc4ccc(Cl)c(Cl)c4)C3)C2)c1. The van der Waals surface area contributed by atoms with Crippen molar-refractivity contribution in [2.24, 2.45) is 5.41 Å². The Hall–Kier alpha value is -2.02. The van der Waals surface area contributed by atoms with E-state index in [0.29, 0.717) is 16.6 Å². The normalized spacial score (nSPS) is 21.5. The van der Waals surface area contributed by atoms with Gasteiger partial charge in [-0.25, -0.2) is 4.79 Å². The third-order valence-corrected chi connectivity index (χ3v) is 7.04. The van der Waals surface area contributed by atoms with E-state index in [-0.39, 0.29) is 11.4 Å². The minimum absolute atomic E-state index is 0.0216. The topological polar surface area (TPSA) is 57.7 Å². The summed E-state index contributed by atoms with van der Waals surface area (Å²) in [5.74, 6) is 0.740. The zero-order valence-electron chi connectivity index (χ0n) is 17.7. The summed E-state index contributed by atoms with van der Waals surface area (Å²) >= 11 is 12.2. The van der Waals surface area contributed by atoms with E-state index in [4.69, 9.17) is 27.9 Å². The molecule has 0 saturated carbocycles. The van der Waals surface area contributed by atoms with Gasteiger partial charge in [0.05, 0.1) is 29.4 Å². The number of hydrogen-bond donors (Lipinski definition) is 1. The molecule has 2 fully saturated rings. The van der Waals surface area contributed by atoms with Crippen LogP contribution in [0.4, 0.5) is 4.79 Å². The van der Waals surface area contributed by atoms with Gasteiger partial charge in [-0.05, 0) is 49.6 Å². The number of piperidine rings is 1. The van der Waals surface area contributed by atoms with E-state index in [9.17, 15) is 4.79 Å². The van der Waals surface area contributed by atoms with E-state index in [0.717, 1.165) is 63.4 Å². The average Bonchev–Trinajstić information content (AvgIpc) is 3.16. The molecule has 1 spiro atoms. The summed E-state index contributed by atoms with van der Waals surface area (Å²) in [4.78, 5) is 21.5. The minimum Gasteiger partial charge on any atom is -0.497 e. The first-order valence-corrected chi connectivity index (χ1v) is 11.4. The molecule has 0 bridgehead atoms. The lowest BCUT2D eigenvalue weighted by Gasteiger charge is -2.40. The highest BCUT2D eigenvalue weighted by atomic mass is 35.5. The largest absolute Gasteiger partial charge is 0.497 e. The number of methoxy groups -OCH3 is 1. The van der Waals surface area contributed by atoms with Crippen molar-refractivity contribution in [1.29, 1.82) is 0 Å². The van der Waals surface area contributed by atoms with Crippen molar-refractivity contribution >= 4 is 29.2 Å². The van der Waals surface area contributed by atoms with Crippen LogP contribution in [0.2, 0.25) is 10.0 Å². The highest BCUT2D eigenvalue weighted by molar-refractivity contribution is 6.42. The Bertz CT molecular complexity index is 942. The third kappa shape index (κ3) is 5.43. The van der Waals surface area contributed by atoms with Crippen LogP contribution in [0.25, 0.3) is 0 Å². The van der Waals surface area contributed by atoms with E-state index in [1.807, 2.05) is 29.2 Å². The molecule has 4 rings (SSSR count). The molecule has 0 radical (unpaired) electrons. The van der Waals surface area contributed by atoms with E-state index in [2.05, 4.69) is 15.2 Å². The molecule has 166 valence electrons. The Morgan fingerprint density at radius 1 is 1.16 bits per heavy atom. The van der Waals surface area contributed by atoms with Crippen LogP contribution in [0.5, 0.6) is 5.75 Å². The maximum atomic E-state index is 12.8. The third-order valence-electron chi connectivity index (χ3n) is 6.30. The summed E-state index contributed by atoms with van der Waals surface area (Å²) < 4.78 is 5.22. The fourth-order valence-corrected chi connectivity index (χ4v) is 5.05. The summed E-state index contributed by atoms with van der Waals surface area (Å²) in [5.41, 5.74) is 2.12. The first-order valence-electron chi connectivity index (χ1n) is 10.6. The van der Waals surface area contributed by atoms with Crippen LogP contribution in [0, 0.1) is 5.41 Å². The smallest absolute Gasteiger partial charge is 0.317 e. The number of likely N-dealkylation sites (tertiary alicyclic amines) is 2. The minimum atomic E-state index is -0.0216. The summed E-state index contributed by atoms with van der Waals surface area (Å²) in [5, 5.41) is 4.20. The zero-order chi connectivity index (χ0) is 21.8. The average molecular weight is 463 g/mol. The van der Waals surface area contributed by atoms with Crippen molar-refractivity contribution in [2.45, 2.75) is 32.4 Å². The van der Waals surface area contributed by atoms with Crippen molar-refractivity contribution in [2.75, 3.05) is 33.3 Å². The molecule has 0 aliphatic carbocycles. The molecule has 6 nitrogen and oxygen atoms in total. The molecule has 3 heterocycles. The molecule has 1 N–H and O–H groups in total. The molecule has 8 heteroatoms. The second-order valence-corrected chi connectivity index (χ2v) is 9.39. The molecule has 2 aliphatic heterocycles. The number of ether oxygens (including phenoxy) is 1. The van der Waals surface area contributed by atoms with E-state index in [1.54, 1.807) is 19.4 Å². The van der Waals surface area contributed by atoms with Gasteiger partial charge in [0.2, 0.25) is 0 Å². The van der Waals surface area contributed by atoms with Gasteiger partial charge >= 0.3 is 6.03 Å². The van der Waals surface area contributed by atoms with Crippen LogP contribution in [0.3, 0.4) is 0 Å². The Morgan fingerprint density at radius 2 is 2.03 bits per heavy atom.